The SMILES string of the molecule is COc1ccc(NC(=O)c2cc(-c3c[nH]c4ccc(Cl)cc34)nc3ccc(C#CCN4CCCCC4)cc23)cc1. The Bertz CT molecular complexity index is 1760. The Balaban J connectivity index is 1.40. The van der Waals surface area contributed by atoms with Crippen molar-refractivity contribution in [3.63, 3.8) is 0 Å². The third-order valence-electron chi connectivity index (χ3n) is 7.31. The fourth-order valence-electron chi connectivity index (χ4n) is 5.18. The molecular weight excluding hydrogens is 520 g/mol. The number of carbonyl (C=O) groups is 1. The van der Waals surface area contributed by atoms with Gasteiger partial charge in [-0.3, -0.25) is 9.69 Å². The van der Waals surface area contributed by atoms with Crippen LogP contribution < -0.4 is 10.1 Å². The van der Waals surface area contributed by atoms with Gasteiger partial charge in [0.2, 0.25) is 0 Å². The second kappa shape index (κ2) is 11.4. The number of methoxy groups -OCH3 is 1. The second-order valence-electron chi connectivity index (χ2n) is 10.0. The molecule has 1 aliphatic rings. The highest BCUT2D eigenvalue weighted by Crippen LogP contribution is 2.32. The van der Waals surface area contributed by atoms with E-state index in [0.29, 0.717) is 22.0 Å². The second-order valence-corrected chi connectivity index (χ2v) is 10.4. The Labute approximate surface area is 238 Å². The van der Waals surface area contributed by atoms with Crippen LogP contribution in [0.15, 0.2) is 72.9 Å². The van der Waals surface area contributed by atoms with Crippen LogP contribution in [0.2, 0.25) is 5.02 Å². The van der Waals surface area contributed by atoms with Gasteiger partial charge in [0.25, 0.3) is 5.91 Å². The van der Waals surface area contributed by atoms with E-state index in [0.717, 1.165) is 58.3 Å². The van der Waals surface area contributed by atoms with Crippen LogP contribution in [0.25, 0.3) is 33.1 Å². The minimum atomic E-state index is -0.227. The third-order valence-corrected chi connectivity index (χ3v) is 7.54. The van der Waals surface area contributed by atoms with Gasteiger partial charge in [-0.05, 0) is 92.7 Å². The first-order chi connectivity index (χ1) is 19.6. The number of H-pyrrole nitrogens is 1. The molecule has 5 aromatic rings. The number of hydrogen-bond acceptors (Lipinski definition) is 4. The van der Waals surface area contributed by atoms with Gasteiger partial charge in [-0.1, -0.05) is 29.9 Å². The molecule has 1 fully saturated rings. The number of hydrogen-bond donors (Lipinski definition) is 2. The summed E-state index contributed by atoms with van der Waals surface area (Å²) in [7, 11) is 1.61. The Morgan fingerprint density at radius 1 is 1.02 bits per heavy atom. The fraction of sp³-hybridized carbons (Fsp3) is 0.212. The zero-order valence-corrected chi connectivity index (χ0v) is 23.0. The lowest BCUT2D eigenvalue weighted by Crippen LogP contribution is -2.29. The smallest absolute Gasteiger partial charge is 0.256 e. The van der Waals surface area contributed by atoms with Crippen LogP contribution >= 0.6 is 11.6 Å². The summed E-state index contributed by atoms with van der Waals surface area (Å²) in [4.78, 5) is 24.3. The van der Waals surface area contributed by atoms with Crippen LogP contribution in [-0.2, 0) is 0 Å². The molecule has 1 amide bonds. The lowest BCUT2D eigenvalue weighted by Gasteiger charge is -2.23. The van der Waals surface area contributed by atoms with Crippen molar-refractivity contribution in [1.29, 1.82) is 0 Å². The van der Waals surface area contributed by atoms with Crippen molar-refractivity contribution in [3.8, 4) is 28.8 Å². The lowest BCUT2D eigenvalue weighted by molar-refractivity contribution is 0.102. The number of piperidine rings is 1. The van der Waals surface area contributed by atoms with E-state index in [1.165, 1.54) is 19.3 Å². The first-order valence-corrected chi connectivity index (χ1v) is 13.8. The summed E-state index contributed by atoms with van der Waals surface area (Å²) < 4.78 is 5.25. The van der Waals surface area contributed by atoms with Crippen LogP contribution in [0.3, 0.4) is 0 Å². The Hall–Kier alpha value is -4.31. The maximum absolute atomic E-state index is 13.7. The third kappa shape index (κ3) is 5.53. The van der Waals surface area contributed by atoms with Gasteiger partial charge in [-0.15, -0.1) is 0 Å². The number of nitrogens with one attached hydrogen (secondary N) is 2. The Morgan fingerprint density at radius 2 is 1.85 bits per heavy atom. The number of fused-ring (bicyclic) bond motifs is 2. The largest absolute Gasteiger partial charge is 0.497 e. The number of rotatable bonds is 5. The summed E-state index contributed by atoms with van der Waals surface area (Å²) in [5.41, 5.74) is 5.28. The maximum atomic E-state index is 13.7. The maximum Gasteiger partial charge on any atom is 0.256 e. The first kappa shape index (κ1) is 25.9. The van der Waals surface area contributed by atoms with Gasteiger partial charge in [-0.2, -0.15) is 0 Å². The number of carbonyl (C=O) groups excluding carboxylic acids is 1. The van der Waals surface area contributed by atoms with Gasteiger partial charge in [0.05, 0.1) is 30.4 Å². The predicted octanol–water partition coefficient (Wildman–Crippen LogP) is 7.13. The summed E-state index contributed by atoms with van der Waals surface area (Å²) in [5, 5.41) is 5.36. The van der Waals surface area contributed by atoms with Gasteiger partial charge < -0.3 is 15.0 Å². The summed E-state index contributed by atoms with van der Waals surface area (Å²) in [6.45, 7) is 2.96. The number of amides is 1. The van der Waals surface area contributed by atoms with Crippen molar-refractivity contribution in [2.75, 3.05) is 32.1 Å². The van der Waals surface area contributed by atoms with E-state index >= 15 is 0 Å². The molecule has 1 saturated heterocycles. The molecule has 6 nitrogen and oxygen atoms in total. The zero-order chi connectivity index (χ0) is 27.5. The van der Waals surface area contributed by atoms with E-state index in [1.807, 2.05) is 72.9 Å². The normalized spacial score (nSPS) is 13.7. The quantitative estimate of drug-likeness (QED) is 0.229. The van der Waals surface area contributed by atoms with Crippen LogP contribution in [0.1, 0.15) is 35.2 Å². The molecular formula is C33H29ClN4O2. The average molecular weight is 549 g/mol. The topological polar surface area (TPSA) is 70.2 Å². The number of aromatic amines is 1. The molecule has 7 heteroatoms. The highest BCUT2D eigenvalue weighted by atomic mass is 35.5. The number of likely N-dealkylation sites (tertiary alicyclic amines) is 1. The molecule has 0 saturated carbocycles. The molecule has 0 atom stereocenters. The van der Waals surface area contributed by atoms with Crippen molar-refractivity contribution < 1.29 is 9.53 Å². The van der Waals surface area contributed by atoms with Crippen LogP contribution in [0.5, 0.6) is 5.75 Å². The first-order valence-electron chi connectivity index (χ1n) is 13.5. The molecule has 6 rings (SSSR count). The summed E-state index contributed by atoms with van der Waals surface area (Å²) in [6.07, 6.45) is 5.68. The van der Waals surface area contributed by atoms with E-state index in [4.69, 9.17) is 21.3 Å². The Kier molecular flexibility index (Phi) is 7.41. The summed E-state index contributed by atoms with van der Waals surface area (Å²) >= 11 is 6.31. The fourth-order valence-corrected chi connectivity index (χ4v) is 5.35. The summed E-state index contributed by atoms with van der Waals surface area (Å²) in [6, 6.07) is 20.7. The highest BCUT2D eigenvalue weighted by molar-refractivity contribution is 6.31. The van der Waals surface area contributed by atoms with Crippen molar-refractivity contribution in [2.45, 2.75) is 19.3 Å². The van der Waals surface area contributed by atoms with Crippen molar-refractivity contribution >= 4 is 45.0 Å². The van der Waals surface area contributed by atoms with Gasteiger partial charge in [-0.25, -0.2) is 4.98 Å². The predicted molar refractivity (Wildman–Crippen MR) is 162 cm³/mol. The van der Waals surface area contributed by atoms with E-state index in [9.17, 15) is 4.79 Å². The Morgan fingerprint density at radius 3 is 2.65 bits per heavy atom. The minimum absolute atomic E-state index is 0.227. The van der Waals surface area contributed by atoms with E-state index in [1.54, 1.807) is 7.11 Å². The van der Waals surface area contributed by atoms with Crippen LogP contribution in [0.4, 0.5) is 5.69 Å². The summed E-state index contributed by atoms with van der Waals surface area (Å²) in [5.74, 6) is 7.12. The number of aromatic nitrogens is 2. The molecule has 2 aromatic heterocycles. The van der Waals surface area contributed by atoms with Gasteiger partial charge in [0, 0.05) is 44.3 Å². The van der Waals surface area contributed by atoms with Crippen molar-refractivity contribution in [3.05, 3.63) is 89.1 Å². The molecule has 0 radical (unpaired) electrons. The van der Waals surface area contributed by atoms with Crippen LogP contribution in [0, 0.1) is 11.8 Å². The molecule has 200 valence electrons. The van der Waals surface area contributed by atoms with Gasteiger partial charge in [0.15, 0.2) is 0 Å². The van der Waals surface area contributed by atoms with Crippen molar-refractivity contribution in [2.24, 2.45) is 0 Å². The van der Waals surface area contributed by atoms with E-state index in [-0.39, 0.29) is 5.91 Å². The number of nitrogens with zero attached hydrogens (tertiary/aromatic N) is 2. The molecule has 3 heterocycles. The lowest BCUT2D eigenvalue weighted by atomic mass is 10.0. The highest BCUT2D eigenvalue weighted by Gasteiger charge is 2.17. The minimum Gasteiger partial charge on any atom is -0.497 e. The molecule has 0 aliphatic carbocycles. The number of anilines is 1. The van der Waals surface area contributed by atoms with E-state index in [2.05, 4.69) is 27.0 Å². The van der Waals surface area contributed by atoms with Gasteiger partial charge >= 0.3 is 0 Å². The van der Waals surface area contributed by atoms with Crippen LogP contribution in [-0.4, -0.2) is 47.5 Å². The average Bonchev–Trinajstić information content (AvgIpc) is 3.40. The molecule has 0 spiro atoms. The van der Waals surface area contributed by atoms with Gasteiger partial charge in [0.1, 0.15) is 5.75 Å². The number of pyridine rings is 1. The molecule has 40 heavy (non-hydrogen) atoms. The molecule has 2 N–H and O–H groups in total. The monoisotopic (exact) mass is 548 g/mol. The number of benzene rings is 3. The molecule has 0 unspecified atom stereocenters. The standard InChI is InChI=1S/C33H29ClN4O2/c1-40-25-11-9-24(10-12-25)36-33(39)28-20-32(29-21-35-30-14-8-23(34)19-27(29)30)37-31-13-7-22(18-26(28)31)6-5-17-38-15-3-2-4-16-38/h7-14,18-21,35H,2-4,15-17H2,1H3,(H,36,39). The number of ether oxygens (including phenoxy) is 1. The number of halogens is 1. The molecule has 1 aliphatic heterocycles. The molecule has 0 bridgehead atoms. The zero-order valence-electron chi connectivity index (χ0n) is 22.3. The van der Waals surface area contributed by atoms with Crippen molar-refractivity contribution in [1.82, 2.24) is 14.9 Å². The molecule has 3 aromatic carbocycles. The van der Waals surface area contributed by atoms with E-state index < -0.39 is 0 Å².